The number of carbonyl (C=O) groups is 1. The van der Waals surface area contributed by atoms with Gasteiger partial charge >= 0.3 is 6.18 Å². The zero-order valence-electron chi connectivity index (χ0n) is 13.2. The smallest absolute Gasteiger partial charge is 0.383 e. The highest BCUT2D eigenvalue weighted by atomic mass is 19.4. The molecule has 0 atom stereocenters. The third-order valence-electron chi connectivity index (χ3n) is 3.36. The van der Waals surface area contributed by atoms with E-state index in [0.717, 1.165) is 22.5 Å². The van der Waals surface area contributed by atoms with Gasteiger partial charge in [0.25, 0.3) is 0 Å². The van der Waals surface area contributed by atoms with Crippen LogP contribution in [0.3, 0.4) is 0 Å². The lowest BCUT2D eigenvalue weighted by Gasteiger charge is -2.22. The van der Waals surface area contributed by atoms with Gasteiger partial charge < -0.3 is 9.64 Å². The van der Waals surface area contributed by atoms with Gasteiger partial charge in [0.2, 0.25) is 5.91 Å². The second-order valence-corrected chi connectivity index (χ2v) is 5.19. The summed E-state index contributed by atoms with van der Waals surface area (Å²) < 4.78 is 43.7. The summed E-state index contributed by atoms with van der Waals surface area (Å²) in [4.78, 5) is 13.9. The van der Waals surface area contributed by atoms with Crippen molar-refractivity contribution in [1.29, 1.82) is 0 Å². The number of methoxy groups -OCH3 is 1. The van der Waals surface area contributed by atoms with Crippen LogP contribution in [-0.4, -0.2) is 40.8 Å². The highest BCUT2D eigenvalue weighted by Crippen LogP contribution is 2.27. The predicted octanol–water partition coefficient (Wildman–Crippen LogP) is 2.58. The first-order chi connectivity index (χ1) is 11.4. The van der Waals surface area contributed by atoms with E-state index in [-0.39, 0.29) is 12.5 Å². The molecule has 0 aliphatic carbocycles. The van der Waals surface area contributed by atoms with Crippen molar-refractivity contribution in [1.82, 2.24) is 14.7 Å². The summed E-state index contributed by atoms with van der Waals surface area (Å²) in [7, 11) is 1.52. The van der Waals surface area contributed by atoms with E-state index in [1.54, 1.807) is 0 Å². The Labute approximate surface area is 137 Å². The van der Waals surface area contributed by atoms with Crippen LogP contribution >= 0.6 is 0 Å². The summed E-state index contributed by atoms with van der Waals surface area (Å²) in [6.45, 7) is 0.784. The zero-order chi connectivity index (χ0) is 17.6. The molecule has 130 valence electrons. The maximum absolute atomic E-state index is 12.6. The maximum atomic E-state index is 12.6. The Morgan fingerprint density at radius 2 is 1.96 bits per heavy atom. The topological polar surface area (TPSA) is 47.4 Å². The highest BCUT2D eigenvalue weighted by molar-refractivity contribution is 5.75. The van der Waals surface area contributed by atoms with Gasteiger partial charge in [-0.05, 0) is 11.6 Å². The van der Waals surface area contributed by atoms with Crippen molar-refractivity contribution in [3.8, 4) is 0 Å². The van der Waals surface area contributed by atoms with Crippen LogP contribution in [0.5, 0.6) is 0 Å². The van der Waals surface area contributed by atoms with Crippen LogP contribution in [0, 0.1) is 0 Å². The molecule has 24 heavy (non-hydrogen) atoms. The Bertz CT molecular complexity index is 656. The Hall–Kier alpha value is -2.35. The summed E-state index contributed by atoms with van der Waals surface area (Å²) in [5, 5.41) is 3.40. The number of amides is 1. The van der Waals surface area contributed by atoms with Crippen LogP contribution in [0.15, 0.2) is 42.6 Å². The van der Waals surface area contributed by atoms with Crippen molar-refractivity contribution in [3.63, 3.8) is 0 Å². The minimum Gasteiger partial charge on any atom is -0.383 e. The van der Waals surface area contributed by atoms with Crippen molar-refractivity contribution < 1.29 is 22.7 Å². The van der Waals surface area contributed by atoms with Gasteiger partial charge in [0.1, 0.15) is 6.54 Å². The minimum absolute atomic E-state index is 0.257. The molecular formula is C16H18F3N3O2. The van der Waals surface area contributed by atoms with E-state index < -0.39 is 11.9 Å². The van der Waals surface area contributed by atoms with Crippen molar-refractivity contribution in [2.75, 3.05) is 20.3 Å². The fourth-order valence-electron chi connectivity index (χ4n) is 2.14. The van der Waals surface area contributed by atoms with Crippen LogP contribution < -0.4 is 0 Å². The Balaban J connectivity index is 2.05. The van der Waals surface area contributed by atoms with E-state index in [9.17, 15) is 18.0 Å². The predicted molar refractivity (Wildman–Crippen MR) is 81.0 cm³/mol. The van der Waals surface area contributed by atoms with Gasteiger partial charge in [-0.1, -0.05) is 30.3 Å². The number of ether oxygens (including phenoxy) is 1. The number of carbonyl (C=O) groups excluding carboxylic acids is 1. The van der Waals surface area contributed by atoms with E-state index >= 15 is 0 Å². The molecule has 0 unspecified atom stereocenters. The number of benzene rings is 1. The Morgan fingerprint density at radius 3 is 2.54 bits per heavy atom. The van der Waals surface area contributed by atoms with Crippen molar-refractivity contribution in [2.45, 2.75) is 19.3 Å². The Kier molecular flexibility index (Phi) is 5.97. The lowest BCUT2D eigenvalue weighted by atomic mass is 10.2. The van der Waals surface area contributed by atoms with Crippen molar-refractivity contribution >= 4 is 5.91 Å². The molecule has 0 bridgehead atoms. The van der Waals surface area contributed by atoms with Gasteiger partial charge in [-0.3, -0.25) is 9.48 Å². The molecule has 1 aromatic heterocycles. The molecule has 0 saturated carbocycles. The third-order valence-corrected chi connectivity index (χ3v) is 3.36. The van der Waals surface area contributed by atoms with Gasteiger partial charge in [0, 0.05) is 26.4 Å². The fourth-order valence-corrected chi connectivity index (χ4v) is 2.14. The molecule has 1 heterocycles. The third kappa shape index (κ3) is 5.09. The molecule has 2 aromatic rings. The largest absolute Gasteiger partial charge is 0.435 e. The molecule has 8 heteroatoms. The minimum atomic E-state index is -4.52. The molecule has 0 radical (unpaired) electrons. The summed E-state index contributed by atoms with van der Waals surface area (Å²) in [6.07, 6.45) is -3.37. The first-order valence-corrected chi connectivity index (χ1v) is 7.31. The number of hydrogen-bond acceptors (Lipinski definition) is 3. The average molecular weight is 341 g/mol. The monoisotopic (exact) mass is 341 g/mol. The van der Waals surface area contributed by atoms with E-state index in [0.29, 0.717) is 19.7 Å². The molecule has 0 aliphatic heterocycles. The molecule has 0 fully saturated rings. The molecule has 0 saturated heterocycles. The number of rotatable bonds is 7. The van der Waals surface area contributed by atoms with Gasteiger partial charge in [-0.25, -0.2) is 0 Å². The van der Waals surface area contributed by atoms with Gasteiger partial charge in [0.15, 0.2) is 5.69 Å². The first-order valence-electron chi connectivity index (χ1n) is 7.31. The SMILES string of the molecule is COCCN(Cc1ccccc1)C(=O)Cn1ccc(C(F)(F)F)n1. The van der Waals surface area contributed by atoms with Crippen LogP contribution in [0.25, 0.3) is 0 Å². The fraction of sp³-hybridized carbons (Fsp3) is 0.375. The average Bonchev–Trinajstić information content (AvgIpc) is 3.01. The second-order valence-electron chi connectivity index (χ2n) is 5.19. The quantitative estimate of drug-likeness (QED) is 0.778. The van der Waals surface area contributed by atoms with Gasteiger partial charge in [-0.15, -0.1) is 0 Å². The normalized spacial score (nSPS) is 11.5. The second kappa shape index (κ2) is 7.96. The lowest BCUT2D eigenvalue weighted by Crippen LogP contribution is -2.36. The maximum Gasteiger partial charge on any atom is 0.435 e. The first kappa shape index (κ1) is 18.0. The summed E-state index contributed by atoms with van der Waals surface area (Å²) in [6, 6.07) is 10.2. The molecule has 5 nitrogen and oxygen atoms in total. The molecule has 1 aromatic carbocycles. The molecule has 0 spiro atoms. The van der Waals surface area contributed by atoms with E-state index in [4.69, 9.17) is 4.74 Å². The number of aromatic nitrogens is 2. The molecule has 1 amide bonds. The molecule has 0 aliphatic rings. The van der Waals surface area contributed by atoms with Crippen LogP contribution in [-0.2, 0) is 28.8 Å². The van der Waals surface area contributed by atoms with Crippen molar-refractivity contribution in [2.24, 2.45) is 0 Å². The van der Waals surface area contributed by atoms with E-state index in [1.165, 1.54) is 12.0 Å². The van der Waals surface area contributed by atoms with Crippen molar-refractivity contribution in [3.05, 3.63) is 53.9 Å². The number of nitrogens with zero attached hydrogens (tertiary/aromatic N) is 3. The highest BCUT2D eigenvalue weighted by Gasteiger charge is 2.33. The zero-order valence-corrected chi connectivity index (χ0v) is 13.2. The van der Waals surface area contributed by atoms with E-state index in [2.05, 4.69) is 5.10 Å². The Morgan fingerprint density at radius 1 is 1.25 bits per heavy atom. The van der Waals surface area contributed by atoms with E-state index in [1.807, 2.05) is 30.3 Å². The number of hydrogen-bond donors (Lipinski definition) is 0. The molecule has 0 N–H and O–H groups in total. The summed E-state index contributed by atoms with van der Waals surface area (Å²) >= 11 is 0. The number of alkyl halides is 3. The standard InChI is InChI=1S/C16H18F3N3O2/c1-24-10-9-21(11-13-5-3-2-4-6-13)15(23)12-22-8-7-14(20-22)16(17,18)19/h2-8H,9-12H2,1H3. The van der Waals surface area contributed by atoms with Gasteiger partial charge in [0.05, 0.1) is 6.61 Å². The number of halogens is 3. The molecular weight excluding hydrogens is 323 g/mol. The summed E-state index contributed by atoms with van der Waals surface area (Å²) in [5.74, 6) is -0.326. The van der Waals surface area contributed by atoms with Crippen LogP contribution in [0.1, 0.15) is 11.3 Å². The van der Waals surface area contributed by atoms with Crippen LogP contribution in [0.4, 0.5) is 13.2 Å². The summed E-state index contributed by atoms with van der Waals surface area (Å²) in [5.41, 5.74) is -0.0831. The van der Waals surface area contributed by atoms with Crippen LogP contribution in [0.2, 0.25) is 0 Å². The molecule has 2 rings (SSSR count). The lowest BCUT2D eigenvalue weighted by molar-refractivity contribution is -0.142. The van der Waals surface area contributed by atoms with Gasteiger partial charge in [-0.2, -0.15) is 18.3 Å².